The quantitative estimate of drug-likeness (QED) is 0.728. The molecule has 7 nitrogen and oxygen atoms in total. The van der Waals surface area contributed by atoms with E-state index in [2.05, 4.69) is 5.32 Å². The highest BCUT2D eigenvalue weighted by molar-refractivity contribution is 7.91. The van der Waals surface area contributed by atoms with Gasteiger partial charge < -0.3 is 10.4 Å². The molecule has 1 aromatic rings. The molecule has 0 saturated carbocycles. The number of nitrogens with one attached hydrogen (secondary N) is 1. The van der Waals surface area contributed by atoms with Gasteiger partial charge in [0, 0.05) is 15.6 Å². The lowest BCUT2D eigenvalue weighted by Gasteiger charge is -2.26. The SMILES string of the molecule is C[C@@]1(c2ccc(Cl)cc2Cl)NC(=O)N([C@H]2CS(=O)(=O)C[C@@H]2O)C1=O. The van der Waals surface area contributed by atoms with Gasteiger partial charge >= 0.3 is 6.03 Å². The molecule has 0 aliphatic carbocycles. The van der Waals surface area contributed by atoms with Crippen LogP contribution in [0.15, 0.2) is 18.2 Å². The van der Waals surface area contributed by atoms with E-state index in [9.17, 15) is 23.1 Å². The number of aliphatic hydroxyl groups excluding tert-OH is 1. The molecule has 2 aliphatic rings. The van der Waals surface area contributed by atoms with Gasteiger partial charge in [-0.1, -0.05) is 29.3 Å². The zero-order chi connectivity index (χ0) is 17.9. The fourth-order valence-corrected chi connectivity index (χ4v) is 5.46. The van der Waals surface area contributed by atoms with Crippen molar-refractivity contribution in [1.29, 1.82) is 0 Å². The molecule has 0 unspecified atom stereocenters. The Labute approximate surface area is 148 Å². The third kappa shape index (κ3) is 2.67. The molecule has 0 spiro atoms. The van der Waals surface area contributed by atoms with Crippen molar-refractivity contribution in [3.8, 4) is 0 Å². The van der Waals surface area contributed by atoms with E-state index in [-0.39, 0.29) is 5.02 Å². The number of urea groups is 1. The van der Waals surface area contributed by atoms with E-state index in [1.165, 1.54) is 25.1 Å². The third-order valence-electron chi connectivity index (χ3n) is 4.32. The van der Waals surface area contributed by atoms with Gasteiger partial charge in [0.2, 0.25) is 0 Å². The minimum atomic E-state index is -3.51. The van der Waals surface area contributed by atoms with Crippen molar-refractivity contribution in [2.24, 2.45) is 0 Å². The molecule has 24 heavy (non-hydrogen) atoms. The summed E-state index contributed by atoms with van der Waals surface area (Å²) in [7, 11) is -3.51. The minimum Gasteiger partial charge on any atom is -0.390 e. The highest BCUT2D eigenvalue weighted by Crippen LogP contribution is 2.36. The molecule has 3 amide bonds. The number of carbonyl (C=O) groups is 2. The largest absolute Gasteiger partial charge is 0.390 e. The van der Waals surface area contributed by atoms with E-state index in [4.69, 9.17) is 23.2 Å². The molecule has 2 saturated heterocycles. The van der Waals surface area contributed by atoms with E-state index >= 15 is 0 Å². The number of hydrogen-bond acceptors (Lipinski definition) is 5. The predicted molar refractivity (Wildman–Crippen MR) is 87.6 cm³/mol. The van der Waals surface area contributed by atoms with Gasteiger partial charge in [-0.2, -0.15) is 0 Å². The first kappa shape index (κ1) is 17.5. The summed E-state index contributed by atoms with van der Waals surface area (Å²) >= 11 is 12.0. The van der Waals surface area contributed by atoms with Gasteiger partial charge in [-0.05, 0) is 19.1 Å². The van der Waals surface area contributed by atoms with Crippen LogP contribution < -0.4 is 5.32 Å². The molecular weight excluding hydrogens is 379 g/mol. The zero-order valence-electron chi connectivity index (χ0n) is 12.5. The van der Waals surface area contributed by atoms with Gasteiger partial charge in [0.05, 0.1) is 23.7 Å². The molecule has 2 aliphatic heterocycles. The molecule has 2 heterocycles. The Kier molecular flexibility index (Phi) is 4.07. The first-order valence-corrected chi connectivity index (χ1v) is 9.63. The molecule has 0 radical (unpaired) electrons. The summed E-state index contributed by atoms with van der Waals surface area (Å²) in [5.74, 6) is -1.61. The first-order chi connectivity index (χ1) is 11.0. The van der Waals surface area contributed by atoms with Crippen LogP contribution in [0.3, 0.4) is 0 Å². The Hall–Kier alpha value is -1.35. The number of hydrogen-bond donors (Lipinski definition) is 2. The van der Waals surface area contributed by atoms with E-state index < -0.39 is 51.0 Å². The number of sulfone groups is 1. The van der Waals surface area contributed by atoms with Crippen molar-refractivity contribution in [2.75, 3.05) is 11.5 Å². The fourth-order valence-electron chi connectivity index (χ4n) is 3.10. The highest BCUT2D eigenvalue weighted by atomic mass is 35.5. The summed E-state index contributed by atoms with van der Waals surface area (Å²) in [6, 6.07) is 2.62. The van der Waals surface area contributed by atoms with Crippen LogP contribution in [0.2, 0.25) is 10.0 Å². The van der Waals surface area contributed by atoms with Gasteiger partial charge in [0.1, 0.15) is 5.54 Å². The standard InChI is InChI=1S/C14H14Cl2N2O5S/c1-14(8-3-2-7(15)4-9(8)16)12(20)18(13(21)17-14)10-5-24(22,23)6-11(10)19/h2-4,10-11,19H,5-6H2,1H3,(H,17,21)/t10-,11-,14-/m0/s1. The number of aliphatic hydroxyl groups is 1. The van der Waals surface area contributed by atoms with Crippen LogP contribution in [-0.2, 0) is 20.2 Å². The summed E-state index contributed by atoms with van der Waals surface area (Å²) in [5.41, 5.74) is -1.13. The molecule has 0 aromatic heterocycles. The van der Waals surface area contributed by atoms with E-state index in [0.29, 0.717) is 10.6 Å². The van der Waals surface area contributed by atoms with Crippen LogP contribution in [0.5, 0.6) is 0 Å². The second kappa shape index (κ2) is 5.59. The third-order valence-corrected chi connectivity index (χ3v) is 6.56. The van der Waals surface area contributed by atoms with Crippen LogP contribution in [0, 0.1) is 0 Å². The number of halogens is 2. The van der Waals surface area contributed by atoms with Gasteiger partial charge in [-0.15, -0.1) is 0 Å². The van der Waals surface area contributed by atoms with Crippen molar-refractivity contribution >= 4 is 45.0 Å². The van der Waals surface area contributed by atoms with Gasteiger partial charge in [-0.3, -0.25) is 9.69 Å². The summed E-state index contributed by atoms with van der Waals surface area (Å²) in [6.07, 6.45) is -1.31. The molecule has 0 bridgehead atoms. The number of amides is 3. The highest BCUT2D eigenvalue weighted by Gasteiger charge is 2.55. The molecule has 3 rings (SSSR count). The number of carbonyl (C=O) groups excluding carboxylic acids is 2. The molecule has 2 fully saturated rings. The Morgan fingerprint density at radius 2 is 1.96 bits per heavy atom. The van der Waals surface area contributed by atoms with Crippen molar-refractivity contribution in [3.05, 3.63) is 33.8 Å². The van der Waals surface area contributed by atoms with Crippen LogP contribution in [0.1, 0.15) is 12.5 Å². The van der Waals surface area contributed by atoms with Gasteiger partial charge in [0.25, 0.3) is 5.91 Å². The second-order valence-corrected chi connectivity index (χ2v) is 9.06. The predicted octanol–water partition coefficient (Wildman–Crippen LogP) is 0.918. The van der Waals surface area contributed by atoms with Crippen molar-refractivity contribution in [1.82, 2.24) is 10.2 Å². The van der Waals surface area contributed by atoms with Crippen LogP contribution in [-0.4, -0.2) is 54.0 Å². The molecule has 1 aromatic carbocycles. The van der Waals surface area contributed by atoms with E-state index in [1.54, 1.807) is 0 Å². The van der Waals surface area contributed by atoms with Crippen LogP contribution in [0.4, 0.5) is 4.79 Å². The second-order valence-electron chi connectivity index (χ2n) is 6.07. The summed E-state index contributed by atoms with van der Waals surface area (Å²) in [6.45, 7) is 1.47. The summed E-state index contributed by atoms with van der Waals surface area (Å²) < 4.78 is 23.4. The normalized spacial score (nSPS) is 32.2. The lowest BCUT2D eigenvalue weighted by Crippen LogP contribution is -2.48. The number of imide groups is 1. The smallest absolute Gasteiger partial charge is 0.325 e. The summed E-state index contributed by atoms with van der Waals surface area (Å²) in [5, 5.41) is 13.1. The Balaban J connectivity index is 2.00. The molecule has 3 atom stereocenters. The maximum atomic E-state index is 12.9. The monoisotopic (exact) mass is 392 g/mol. The van der Waals surface area contributed by atoms with Crippen LogP contribution >= 0.6 is 23.2 Å². The number of rotatable bonds is 2. The minimum absolute atomic E-state index is 0.195. The van der Waals surface area contributed by atoms with Crippen molar-refractivity contribution in [2.45, 2.75) is 24.6 Å². The average Bonchev–Trinajstić information content (AvgIpc) is 2.83. The van der Waals surface area contributed by atoms with Gasteiger partial charge in [0.15, 0.2) is 9.84 Å². The lowest BCUT2D eigenvalue weighted by molar-refractivity contribution is -0.133. The Morgan fingerprint density at radius 3 is 2.50 bits per heavy atom. The van der Waals surface area contributed by atoms with Crippen molar-refractivity contribution in [3.63, 3.8) is 0 Å². The molecule has 10 heteroatoms. The average molecular weight is 393 g/mol. The topological polar surface area (TPSA) is 104 Å². The maximum Gasteiger partial charge on any atom is 0.325 e. The fraction of sp³-hybridized carbons (Fsp3) is 0.429. The Morgan fingerprint density at radius 1 is 1.29 bits per heavy atom. The molecular formula is C14H14Cl2N2O5S. The van der Waals surface area contributed by atoms with Gasteiger partial charge in [-0.25, -0.2) is 13.2 Å². The molecule has 2 N–H and O–H groups in total. The number of nitrogens with zero attached hydrogens (tertiary/aromatic N) is 1. The number of benzene rings is 1. The Bertz CT molecular complexity index is 844. The first-order valence-electron chi connectivity index (χ1n) is 7.05. The van der Waals surface area contributed by atoms with Crippen LogP contribution in [0.25, 0.3) is 0 Å². The lowest BCUT2D eigenvalue weighted by atomic mass is 9.91. The van der Waals surface area contributed by atoms with Crippen molar-refractivity contribution < 1.29 is 23.1 Å². The van der Waals surface area contributed by atoms with E-state index in [0.717, 1.165) is 4.90 Å². The maximum absolute atomic E-state index is 12.9. The summed E-state index contributed by atoms with van der Waals surface area (Å²) in [4.78, 5) is 26.0. The van der Waals surface area contributed by atoms with E-state index in [1.807, 2.05) is 0 Å². The zero-order valence-corrected chi connectivity index (χ0v) is 14.8. The molecule has 130 valence electrons.